The Morgan fingerprint density at radius 1 is 1.16 bits per heavy atom. The molecule has 0 bridgehead atoms. The van der Waals surface area contributed by atoms with Gasteiger partial charge in [0.2, 0.25) is 0 Å². The first kappa shape index (κ1) is 14.4. The number of rotatable bonds is 6. The van der Waals surface area contributed by atoms with Gasteiger partial charge in [0.25, 0.3) is 0 Å². The minimum Gasteiger partial charge on any atom is -0.492 e. The van der Waals surface area contributed by atoms with Crippen molar-refractivity contribution in [2.45, 2.75) is 52.0 Å². The quantitative estimate of drug-likeness (QED) is 0.787. The smallest absolute Gasteiger partial charge is 0.122 e. The van der Waals surface area contributed by atoms with Crippen LogP contribution in [0.15, 0.2) is 24.3 Å². The van der Waals surface area contributed by atoms with Gasteiger partial charge in [-0.2, -0.15) is 0 Å². The highest BCUT2D eigenvalue weighted by Gasteiger charge is 2.17. The zero-order valence-electron chi connectivity index (χ0n) is 12.3. The first-order valence-corrected chi connectivity index (χ1v) is 7.73. The second-order valence-electron chi connectivity index (χ2n) is 5.72. The summed E-state index contributed by atoms with van der Waals surface area (Å²) < 4.78 is 5.88. The Hall–Kier alpha value is -1.02. The fourth-order valence-corrected chi connectivity index (χ4v) is 2.82. The Labute approximate surface area is 117 Å². The first-order valence-electron chi connectivity index (χ1n) is 7.73. The van der Waals surface area contributed by atoms with Crippen molar-refractivity contribution in [1.82, 2.24) is 5.32 Å². The Kier molecular flexibility index (Phi) is 5.71. The average Bonchev–Trinajstić information content (AvgIpc) is 2.46. The van der Waals surface area contributed by atoms with Crippen molar-refractivity contribution in [3.05, 3.63) is 29.8 Å². The lowest BCUT2D eigenvalue weighted by molar-refractivity contribution is 0.269. The van der Waals surface area contributed by atoms with Crippen LogP contribution in [-0.2, 0) is 6.42 Å². The zero-order chi connectivity index (χ0) is 13.5. The molecule has 1 aromatic rings. The van der Waals surface area contributed by atoms with E-state index in [1.165, 1.54) is 31.2 Å². The molecule has 1 aliphatic rings. The molecule has 0 aliphatic heterocycles. The molecule has 0 radical (unpaired) electrons. The van der Waals surface area contributed by atoms with E-state index in [0.29, 0.717) is 6.04 Å². The van der Waals surface area contributed by atoms with Gasteiger partial charge in [0.05, 0.1) is 0 Å². The first-order chi connectivity index (χ1) is 9.29. The second kappa shape index (κ2) is 7.54. The van der Waals surface area contributed by atoms with E-state index < -0.39 is 0 Å². The topological polar surface area (TPSA) is 21.3 Å². The van der Waals surface area contributed by atoms with Gasteiger partial charge in [-0.1, -0.05) is 32.0 Å². The van der Waals surface area contributed by atoms with Gasteiger partial charge in [0, 0.05) is 12.6 Å². The average molecular weight is 261 g/mol. The zero-order valence-corrected chi connectivity index (χ0v) is 12.3. The van der Waals surface area contributed by atoms with Crippen LogP contribution in [0, 0.1) is 5.92 Å². The molecular formula is C17H27NO. The third-order valence-electron chi connectivity index (χ3n) is 4.16. The molecule has 1 aromatic carbocycles. The molecule has 106 valence electrons. The van der Waals surface area contributed by atoms with Gasteiger partial charge in [0.15, 0.2) is 0 Å². The fraction of sp³-hybridized carbons (Fsp3) is 0.647. The molecule has 0 aromatic heterocycles. The lowest BCUT2D eigenvalue weighted by Crippen LogP contribution is -2.35. The lowest BCUT2D eigenvalue weighted by Gasteiger charge is -2.27. The molecule has 0 heterocycles. The number of aryl methyl sites for hydroxylation is 1. The molecule has 0 spiro atoms. The fourth-order valence-electron chi connectivity index (χ4n) is 2.82. The van der Waals surface area contributed by atoms with Crippen molar-refractivity contribution in [2.75, 3.05) is 13.2 Å². The van der Waals surface area contributed by atoms with Crippen LogP contribution in [0.5, 0.6) is 5.75 Å². The van der Waals surface area contributed by atoms with Crippen LogP contribution in [0.2, 0.25) is 0 Å². The highest BCUT2D eigenvalue weighted by molar-refractivity contribution is 5.33. The lowest BCUT2D eigenvalue weighted by atomic mass is 9.87. The number of hydrogen-bond acceptors (Lipinski definition) is 2. The molecule has 0 saturated heterocycles. The predicted octanol–water partition coefficient (Wildman–Crippen LogP) is 3.80. The van der Waals surface area contributed by atoms with E-state index in [1.54, 1.807) is 0 Å². The third-order valence-corrected chi connectivity index (χ3v) is 4.16. The minimum atomic E-state index is 0.709. The van der Waals surface area contributed by atoms with Crippen LogP contribution in [0.4, 0.5) is 0 Å². The van der Waals surface area contributed by atoms with Crippen LogP contribution in [-0.4, -0.2) is 19.2 Å². The summed E-state index contributed by atoms with van der Waals surface area (Å²) in [7, 11) is 0. The van der Waals surface area contributed by atoms with E-state index in [1.807, 2.05) is 6.07 Å². The van der Waals surface area contributed by atoms with Gasteiger partial charge >= 0.3 is 0 Å². The summed E-state index contributed by atoms with van der Waals surface area (Å²) in [5, 5.41) is 3.62. The second-order valence-corrected chi connectivity index (χ2v) is 5.72. The molecule has 1 fully saturated rings. The minimum absolute atomic E-state index is 0.709. The number of nitrogens with one attached hydrogen (secondary N) is 1. The summed E-state index contributed by atoms with van der Waals surface area (Å²) in [5.41, 5.74) is 1.30. The van der Waals surface area contributed by atoms with Crippen LogP contribution in [0.25, 0.3) is 0 Å². The van der Waals surface area contributed by atoms with E-state index in [-0.39, 0.29) is 0 Å². The molecule has 0 unspecified atom stereocenters. The van der Waals surface area contributed by atoms with Crippen molar-refractivity contribution in [3.8, 4) is 5.75 Å². The summed E-state index contributed by atoms with van der Waals surface area (Å²) in [6.07, 6.45) is 6.43. The van der Waals surface area contributed by atoms with Crippen molar-refractivity contribution < 1.29 is 4.74 Å². The van der Waals surface area contributed by atoms with Gasteiger partial charge in [0.1, 0.15) is 12.4 Å². The maximum absolute atomic E-state index is 5.88. The van der Waals surface area contributed by atoms with Gasteiger partial charge < -0.3 is 10.1 Å². The molecular weight excluding hydrogens is 234 g/mol. The monoisotopic (exact) mass is 261 g/mol. The SMILES string of the molecule is CCc1ccccc1OCCNC1CCC(C)CC1. The van der Waals surface area contributed by atoms with Gasteiger partial charge in [-0.25, -0.2) is 0 Å². The van der Waals surface area contributed by atoms with Gasteiger partial charge in [-0.15, -0.1) is 0 Å². The van der Waals surface area contributed by atoms with Crippen molar-refractivity contribution in [2.24, 2.45) is 5.92 Å². The van der Waals surface area contributed by atoms with E-state index >= 15 is 0 Å². The van der Waals surface area contributed by atoms with Crippen molar-refractivity contribution in [3.63, 3.8) is 0 Å². The van der Waals surface area contributed by atoms with Crippen LogP contribution in [0.3, 0.4) is 0 Å². The Bertz CT molecular complexity index is 369. The summed E-state index contributed by atoms with van der Waals surface area (Å²) >= 11 is 0. The van der Waals surface area contributed by atoms with Crippen molar-refractivity contribution >= 4 is 0 Å². The molecule has 19 heavy (non-hydrogen) atoms. The molecule has 1 aliphatic carbocycles. The predicted molar refractivity (Wildman–Crippen MR) is 80.7 cm³/mol. The number of hydrogen-bond donors (Lipinski definition) is 1. The Morgan fingerprint density at radius 2 is 1.89 bits per heavy atom. The number of benzene rings is 1. The molecule has 2 heteroatoms. The van der Waals surface area contributed by atoms with Crippen molar-refractivity contribution in [1.29, 1.82) is 0 Å². The normalized spacial score (nSPS) is 23.3. The Balaban J connectivity index is 1.66. The van der Waals surface area contributed by atoms with Gasteiger partial charge in [-0.05, 0) is 49.7 Å². The van der Waals surface area contributed by atoms with Crippen LogP contribution < -0.4 is 10.1 Å². The summed E-state index contributed by atoms with van der Waals surface area (Å²) in [6, 6.07) is 9.05. The Morgan fingerprint density at radius 3 is 2.63 bits per heavy atom. The van der Waals surface area contributed by atoms with E-state index in [0.717, 1.165) is 31.2 Å². The van der Waals surface area contributed by atoms with E-state index in [9.17, 15) is 0 Å². The van der Waals surface area contributed by atoms with Crippen LogP contribution >= 0.6 is 0 Å². The number of para-hydroxylation sites is 1. The summed E-state index contributed by atoms with van der Waals surface area (Å²) in [5.74, 6) is 1.97. The summed E-state index contributed by atoms with van der Waals surface area (Å²) in [6.45, 7) is 6.25. The standard InChI is InChI=1S/C17H27NO/c1-3-15-6-4-5-7-17(15)19-13-12-18-16-10-8-14(2)9-11-16/h4-7,14,16,18H,3,8-13H2,1-2H3. The molecule has 1 N–H and O–H groups in total. The van der Waals surface area contributed by atoms with Crippen LogP contribution in [0.1, 0.15) is 45.1 Å². The largest absolute Gasteiger partial charge is 0.492 e. The maximum Gasteiger partial charge on any atom is 0.122 e. The molecule has 0 amide bonds. The summed E-state index contributed by atoms with van der Waals surface area (Å²) in [4.78, 5) is 0. The molecule has 2 nitrogen and oxygen atoms in total. The molecule has 2 rings (SSSR count). The maximum atomic E-state index is 5.88. The van der Waals surface area contributed by atoms with Gasteiger partial charge in [-0.3, -0.25) is 0 Å². The van der Waals surface area contributed by atoms with E-state index in [2.05, 4.69) is 37.4 Å². The third kappa shape index (κ3) is 4.54. The molecule has 1 saturated carbocycles. The number of ether oxygens (including phenoxy) is 1. The van der Waals surface area contributed by atoms with E-state index in [4.69, 9.17) is 4.74 Å². The highest BCUT2D eigenvalue weighted by Crippen LogP contribution is 2.23. The molecule has 0 atom stereocenters. The highest BCUT2D eigenvalue weighted by atomic mass is 16.5.